The minimum absolute atomic E-state index is 0.0287. The number of benzene rings is 1. The molecule has 2 aromatic rings. The van der Waals surface area contributed by atoms with Crippen molar-refractivity contribution in [2.24, 2.45) is 0 Å². The van der Waals surface area contributed by atoms with Gasteiger partial charge < -0.3 is 14.4 Å². The van der Waals surface area contributed by atoms with E-state index in [0.29, 0.717) is 17.6 Å². The van der Waals surface area contributed by atoms with Crippen molar-refractivity contribution in [2.75, 3.05) is 6.61 Å². The molecule has 0 amide bonds. The van der Waals surface area contributed by atoms with Crippen molar-refractivity contribution in [3.8, 4) is 0 Å². The van der Waals surface area contributed by atoms with E-state index in [1.807, 2.05) is 13.8 Å². The smallest absolute Gasteiger partial charge is 0.335 e. The second-order valence-corrected chi connectivity index (χ2v) is 5.02. The minimum atomic E-state index is -1.01. The molecular weight excluding hydrogens is 272 g/mol. The first-order chi connectivity index (χ1) is 9.93. The van der Waals surface area contributed by atoms with Crippen LogP contribution < -0.4 is 0 Å². The zero-order valence-corrected chi connectivity index (χ0v) is 12.3. The summed E-state index contributed by atoms with van der Waals surface area (Å²) in [5.74, 6) is -0.521. The fourth-order valence-corrected chi connectivity index (χ4v) is 2.22. The highest BCUT2D eigenvalue weighted by atomic mass is 16.5. The fraction of sp³-hybridized carbons (Fsp3) is 0.400. The first-order valence-corrected chi connectivity index (χ1v) is 6.83. The Morgan fingerprint density at radius 3 is 2.67 bits per heavy atom. The maximum absolute atomic E-state index is 11.8. The molecule has 0 radical (unpaired) electrons. The number of carbonyl (C=O) groups is 2. The van der Waals surface area contributed by atoms with Gasteiger partial charge in [-0.3, -0.25) is 4.79 Å². The lowest BCUT2D eigenvalue weighted by Gasteiger charge is -2.10. The van der Waals surface area contributed by atoms with E-state index in [9.17, 15) is 9.59 Å². The van der Waals surface area contributed by atoms with Crippen LogP contribution in [0.15, 0.2) is 18.2 Å². The summed E-state index contributed by atoms with van der Waals surface area (Å²) in [4.78, 5) is 27.3. The summed E-state index contributed by atoms with van der Waals surface area (Å²) in [6.45, 7) is 6.03. The summed E-state index contributed by atoms with van der Waals surface area (Å²) < 4.78 is 6.70. The number of fused-ring (bicyclic) bond motifs is 1. The van der Waals surface area contributed by atoms with Gasteiger partial charge in [-0.05, 0) is 25.1 Å². The van der Waals surface area contributed by atoms with Crippen molar-refractivity contribution < 1.29 is 19.4 Å². The Bertz CT molecular complexity index is 688. The number of hydrogen-bond acceptors (Lipinski definition) is 4. The molecule has 6 heteroatoms. The average Bonchev–Trinajstić information content (AvgIpc) is 2.77. The van der Waals surface area contributed by atoms with E-state index in [2.05, 4.69) is 4.98 Å². The van der Waals surface area contributed by atoms with Crippen molar-refractivity contribution in [3.63, 3.8) is 0 Å². The van der Waals surface area contributed by atoms with Gasteiger partial charge in [-0.25, -0.2) is 9.78 Å². The fourth-order valence-electron chi connectivity index (χ4n) is 2.22. The largest absolute Gasteiger partial charge is 0.478 e. The lowest BCUT2D eigenvalue weighted by molar-refractivity contribution is -0.143. The molecule has 112 valence electrons. The van der Waals surface area contributed by atoms with Crippen molar-refractivity contribution in [2.45, 2.75) is 33.2 Å². The number of carboxylic acid groups (broad SMARTS) is 1. The summed E-state index contributed by atoms with van der Waals surface area (Å²) in [7, 11) is 0. The van der Waals surface area contributed by atoms with Crippen LogP contribution in [0.25, 0.3) is 11.0 Å². The number of imidazole rings is 1. The van der Waals surface area contributed by atoms with Crippen LogP contribution in [0.5, 0.6) is 0 Å². The van der Waals surface area contributed by atoms with E-state index >= 15 is 0 Å². The van der Waals surface area contributed by atoms with Gasteiger partial charge in [0.15, 0.2) is 0 Å². The molecule has 0 aliphatic heterocycles. The molecule has 0 saturated heterocycles. The maximum atomic E-state index is 11.8. The highest BCUT2D eigenvalue weighted by Gasteiger charge is 2.18. The van der Waals surface area contributed by atoms with E-state index in [1.165, 1.54) is 12.1 Å². The van der Waals surface area contributed by atoms with Crippen LogP contribution in [0.1, 0.15) is 42.9 Å². The molecule has 0 bridgehead atoms. The number of carboxylic acids is 1. The van der Waals surface area contributed by atoms with Gasteiger partial charge in [0.25, 0.3) is 0 Å². The molecule has 21 heavy (non-hydrogen) atoms. The van der Waals surface area contributed by atoms with Crippen molar-refractivity contribution >= 4 is 23.0 Å². The molecule has 1 aromatic heterocycles. The number of esters is 1. The van der Waals surface area contributed by atoms with Crippen molar-refractivity contribution in [3.05, 3.63) is 29.6 Å². The Kier molecular flexibility index (Phi) is 4.26. The first kappa shape index (κ1) is 15.0. The molecule has 1 N–H and O–H groups in total. The summed E-state index contributed by atoms with van der Waals surface area (Å²) in [5, 5.41) is 9.10. The molecule has 0 unspecified atom stereocenters. The molecule has 1 aromatic carbocycles. The predicted octanol–water partition coefficient (Wildman–Crippen LogP) is 2.42. The number of hydrogen-bond donors (Lipinski definition) is 1. The second-order valence-electron chi connectivity index (χ2n) is 5.02. The topological polar surface area (TPSA) is 81.4 Å². The monoisotopic (exact) mass is 290 g/mol. The molecule has 1 heterocycles. The number of aromatic nitrogens is 2. The average molecular weight is 290 g/mol. The molecular formula is C15H18N2O4. The molecule has 0 spiro atoms. The minimum Gasteiger partial charge on any atom is -0.478 e. The van der Waals surface area contributed by atoms with Gasteiger partial charge in [0.1, 0.15) is 12.4 Å². The molecule has 6 nitrogen and oxygen atoms in total. The first-order valence-electron chi connectivity index (χ1n) is 6.83. The molecule has 0 atom stereocenters. The number of nitrogens with zero attached hydrogens (tertiary/aromatic N) is 2. The molecule has 0 aliphatic carbocycles. The zero-order chi connectivity index (χ0) is 15.6. The van der Waals surface area contributed by atoms with Crippen LogP contribution in [-0.4, -0.2) is 33.2 Å². The molecule has 0 fully saturated rings. The molecule has 2 rings (SSSR count). The van der Waals surface area contributed by atoms with Crippen LogP contribution >= 0.6 is 0 Å². The van der Waals surface area contributed by atoms with Gasteiger partial charge in [-0.2, -0.15) is 0 Å². The summed E-state index contributed by atoms with van der Waals surface area (Å²) in [6, 6.07) is 4.71. The number of aromatic carboxylic acids is 1. The standard InChI is InChI=1S/C15H18N2O4/c1-4-21-13(18)8-17-12-7-10(15(19)20)5-6-11(12)16-14(17)9(2)3/h5-7,9H,4,8H2,1-3H3,(H,19,20). The van der Waals surface area contributed by atoms with Crippen LogP contribution in [-0.2, 0) is 16.1 Å². The zero-order valence-electron chi connectivity index (χ0n) is 12.3. The lowest BCUT2D eigenvalue weighted by atomic mass is 10.2. The number of rotatable bonds is 5. The van der Waals surface area contributed by atoms with Gasteiger partial charge >= 0.3 is 11.9 Å². The third-order valence-corrected chi connectivity index (χ3v) is 3.13. The molecule has 0 aliphatic rings. The lowest BCUT2D eigenvalue weighted by Crippen LogP contribution is -2.16. The Morgan fingerprint density at radius 1 is 1.38 bits per heavy atom. The molecule has 0 saturated carbocycles. The predicted molar refractivity (Wildman–Crippen MR) is 77.4 cm³/mol. The summed E-state index contributed by atoms with van der Waals surface area (Å²) in [6.07, 6.45) is 0. The van der Waals surface area contributed by atoms with E-state index in [1.54, 1.807) is 17.6 Å². The third-order valence-electron chi connectivity index (χ3n) is 3.13. The number of ether oxygens (including phenoxy) is 1. The number of carbonyl (C=O) groups excluding carboxylic acids is 1. The quantitative estimate of drug-likeness (QED) is 0.855. The Hall–Kier alpha value is -2.37. The van der Waals surface area contributed by atoms with Gasteiger partial charge in [-0.1, -0.05) is 13.8 Å². The van der Waals surface area contributed by atoms with Crippen molar-refractivity contribution in [1.29, 1.82) is 0 Å². The highest BCUT2D eigenvalue weighted by Crippen LogP contribution is 2.23. The van der Waals surface area contributed by atoms with E-state index in [0.717, 1.165) is 5.82 Å². The summed E-state index contributed by atoms with van der Waals surface area (Å²) >= 11 is 0. The van der Waals surface area contributed by atoms with E-state index < -0.39 is 5.97 Å². The van der Waals surface area contributed by atoms with Gasteiger partial charge in [0, 0.05) is 5.92 Å². The van der Waals surface area contributed by atoms with E-state index in [-0.39, 0.29) is 24.0 Å². The Balaban J connectivity index is 2.56. The van der Waals surface area contributed by atoms with Gasteiger partial charge in [0.2, 0.25) is 0 Å². The van der Waals surface area contributed by atoms with Gasteiger partial charge in [0.05, 0.1) is 23.2 Å². The van der Waals surface area contributed by atoms with Crippen molar-refractivity contribution in [1.82, 2.24) is 9.55 Å². The van der Waals surface area contributed by atoms with Crippen LogP contribution in [0, 0.1) is 0 Å². The van der Waals surface area contributed by atoms with Gasteiger partial charge in [-0.15, -0.1) is 0 Å². The van der Waals surface area contributed by atoms with Crippen LogP contribution in [0.2, 0.25) is 0 Å². The third kappa shape index (κ3) is 3.04. The summed E-state index contributed by atoms with van der Waals surface area (Å²) in [5.41, 5.74) is 1.47. The SMILES string of the molecule is CCOC(=O)Cn1c(C(C)C)nc2ccc(C(=O)O)cc21. The Labute approximate surface area is 122 Å². The van der Waals surface area contributed by atoms with E-state index in [4.69, 9.17) is 9.84 Å². The maximum Gasteiger partial charge on any atom is 0.335 e. The van der Waals surface area contributed by atoms with Crippen LogP contribution in [0.3, 0.4) is 0 Å². The van der Waals surface area contributed by atoms with Crippen LogP contribution in [0.4, 0.5) is 0 Å². The normalized spacial score (nSPS) is 11.0. The Morgan fingerprint density at radius 2 is 2.10 bits per heavy atom. The highest BCUT2D eigenvalue weighted by molar-refractivity contribution is 5.92. The second kappa shape index (κ2) is 5.95.